The normalized spacial score (nSPS) is 14.4. The summed E-state index contributed by atoms with van der Waals surface area (Å²) in [5, 5.41) is 9.83. The summed E-state index contributed by atoms with van der Waals surface area (Å²) in [5.74, 6) is -1.59. The van der Waals surface area contributed by atoms with Gasteiger partial charge in [-0.15, -0.1) is 0 Å². The third-order valence-electron chi connectivity index (χ3n) is 11.7. The van der Waals surface area contributed by atoms with E-state index in [4.69, 9.17) is 23.3 Å². The number of aliphatic hydroxyl groups excluding tert-OH is 1. The van der Waals surface area contributed by atoms with Crippen LogP contribution in [-0.4, -0.2) is 66.5 Å². The van der Waals surface area contributed by atoms with Gasteiger partial charge < -0.3 is 24.2 Å². The minimum absolute atomic E-state index is 0.0762. The average molecular weight is 1110 g/mol. The predicted octanol–water partition coefficient (Wildman–Crippen LogP) is 17.9. The fourth-order valence-corrected chi connectivity index (χ4v) is 8.12. The Labute approximate surface area is 473 Å². The third kappa shape index (κ3) is 56.1. The lowest BCUT2D eigenvalue weighted by molar-refractivity contribution is -0.161. The van der Waals surface area contributed by atoms with Crippen LogP contribution >= 0.6 is 7.82 Å². The zero-order chi connectivity index (χ0) is 56.9. The van der Waals surface area contributed by atoms with Gasteiger partial charge >= 0.3 is 25.7 Å². The summed E-state index contributed by atoms with van der Waals surface area (Å²) >= 11 is 0. The summed E-state index contributed by atoms with van der Waals surface area (Å²) < 4.78 is 39.5. The Bertz CT molecular complexity index is 1860. The number of esters is 3. The molecule has 0 radical (unpaired) electrons. The van der Waals surface area contributed by atoms with Crippen molar-refractivity contribution in [2.75, 3.05) is 26.4 Å². The van der Waals surface area contributed by atoms with Crippen LogP contribution in [0.1, 0.15) is 213 Å². The molecule has 11 nitrogen and oxygen atoms in total. The first-order chi connectivity index (χ1) is 38.2. The molecule has 0 aromatic heterocycles. The molecule has 0 spiro atoms. The zero-order valence-electron chi connectivity index (χ0n) is 48.6. The summed E-state index contributed by atoms with van der Waals surface area (Å²) in [6.45, 7) is 4.19. The second-order valence-corrected chi connectivity index (χ2v) is 20.5. The first-order valence-corrected chi connectivity index (χ1v) is 31.2. The Morgan fingerprint density at radius 2 is 0.641 bits per heavy atom. The molecular weight excluding hydrogens is 1000 g/mol. The number of hydrogen-bond acceptors (Lipinski definition) is 10. The van der Waals surface area contributed by atoms with E-state index in [0.717, 1.165) is 148 Å². The lowest BCUT2D eigenvalue weighted by Gasteiger charge is -2.21. The number of phosphoric acid groups is 1. The molecule has 12 heteroatoms. The van der Waals surface area contributed by atoms with Gasteiger partial charge in [-0.2, -0.15) is 0 Å². The molecule has 0 heterocycles. The lowest BCUT2D eigenvalue weighted by Crippen LogP contribution is -2.30. The van der Waals surface area contributed by atoms with Gasteiger partial charge in [0.25, 0.3) is 0 Å². The Morgan fingerprint density at radius 3 is 1.01 bits per heavy atom. The molecule has 0 rings (SSSR count). The van der Waals surface area contributed by atoms with Crippen LogP contribution in [0.4, 0.5) is 0 Å². The highest BCUT2D eigenvalue weighted by Crippen LogP contribution is 2.43. The summed E-state index contributed by atoms with van der Waals surface area (Å²) in [7, 11) is -4.78. The van der Waals surface area contributed by atoms with Gasteiger partial charge in [-0.25, -0.2) is 4.57 Å². The van der Waals surface area contributed by atoms with Crippen LogP contribution < -0.4 is 0 Å². The number of aliphatic hydroxyl groups is 1. The van der Waals surface area contributed by atoms with Gasteiger partial charge in [-0.05, 0) is 128 Å². The number of rotatable bonds is 53. The third-order valence-corrected chi connectivity index (χ3v) is 12.7. The van der Waals surface area contributed by atoms with Crippen LogP contribution in [0.3, 0.4) is 0 Å². The second kappa shape index (κ2) is 58.5. The van der Waals surface area contributed by atoms with Crippen molar-refractivity contribution in [2.45, 2.75) is 226 Å². The van der Waals surface area contributed by atoms with E-state index in [1.807, 2.05) is 12.2 Å². The fourth-order valence-electron chi connectivity index (χ4n) is 7.34. The first kappa shape index (κ1) is 73.4. The van der Waals surface area contributed by atoms with Crippen molar-refractivity contribution in [1.82, 2.24) is 0 Å². The highest BCUT2D eigenvalue weighted by molar-refractivity contribution is 7.47. The van der Waals surface area contributed by atoms with Gasteiger partial charge in [-0.3, -0.25) is 23.4 Å². The van der Waals surface area contributed by atoms with Crippen molar-refractivity contribution in [2.24, 2.45) is 0 Å². The average Bonchev–Trinajstić information content (AvgIpc) is 3.43. The number of unbranched alkanes of at least 4 members (excludes halogenated alkanes) is 12. The summed E-state index contributed by atoms with van der Waals surface area (Å²) in [5.41, 5.74) is 0. The van der Waals surface area contributed by atoms with E-state index < -0.39 is 57.8 Å². The van der Waals surface area contributed by atoms with Gasteiger partial charge in [0.15, 0.2) is 6.10 Å². The Kier molecular flexibility index (Phi) is 55.0. The highest BCUT2D eigenvalue weighted by Gasteiger charge is 2.28. The second-order valence-electron chi connectivity index (χ2n) is 19.0. The number of carbonyl (C=O) groups is 3. The molecule has 0 fully saturated rings. The lowest BCUT2D eigenvalue weighted by atomic mass is 10.1. The molecule has 0 aromatic carbocycles. The van der Waals surface area contributed by atoms with Crippen molar-refractivity contribution in [3.05, 3.63) is 146 Å². The molecule has 0 amide bonds. The molecule has 440 valence electrons. The van der Waals surface area contributed by atoms with E-state index in [-0.39, 0.29) is 25.9 Å². The van der Waals surface area contributed by atoms with Crippen LogP contribution in [-0.2, 0) is 42.2 Å². The number of hydrogen-bond donors (Lipinski definition) is 2. The molecule has 0 saturated carbocycles. The molecule has 3 atom stereocenters. The van der Waals surface area contributed by atoms with Crippen molar-refractivity contribution in [1.29, 1.82) is 0 Å². The van der Waals surface area contributed by atoms with Crippen molar-refractivity contribution in [3.63, 3.8) is 0 Å². The van der Waals surface area contributed by atoms with Crippen LogP contribution in [0.15, 0.2) is 146 Å². The van der Waals surface area contributed by atoms with Crippen molar-refractivity contribution < 1.29 is 52.2 Å². The largest absolute Gasteiger partial charge is 0.472 e. The molecule has 78 heavy (non-hydrogen) atoms. The molecular formula is C66H105O11P. The SMILES string of the molecule is CC/C=C\C/C=C\C/C=C\C/C=C\C/C=C\CCCC(=O)OC(COC(=O)CCCCCCCC/C=C\C/C=C\C/C=C\C/C=C\CC)COP(=O)(O)OCC(CO)OC(=O)CCCCCCC/C=C\C/C=C\C/C=C\CC. The maximum atomic E-state index is 12.9. The summed E-state index contributed by atoms with van der Waals surface area (Å²) in [6, 6.07) is 0. The minimum Gasteiger partial charge on any atom is -0.462 e. The van der Waals surface area contributed by atoms with E-state index >= 15 is 0 Å². The topological polar surface area (TPSA) is 155 Å². The number of phosphoric ester groups is 1. The van der Waals surface area contributed by atoms with Gasteiger partial charge in [0, 0.05) is 19.3 Å². The Balaban J connectivity index is 4.86. The quantitative estimate of drug-likeness (QED) is 0.0197. The van der Waals surface area contributed by atoms with Crippen molar-refractivity contribution >= 4 is 25.7 Å². The van der Waals surface area contributed by atoms with Crippen LogP contribution in [0.2, 0.25) is 0 Å². The molecule has 0 bridgehead atoms. The van der Waals surface area contributed by atoms with E-state index in [1.54, 1.807) is 0 Å². The van der Waals surface area contributed by atoms with E-state index in [0.29, 0.717) is 25.7 Å². The molecule has 0 aromatic rings. The van der Waals surface area contributed by atoms with Gasteiger partial charge in [0.05, 0.1) is 19.8 Å². The van der Waals surface area contributed by atoms with Crippen molar-refractivity contribution in [3.8, 4) is 0 Å². The molecule has 0 aliphatic carbocycles. The maximum absolute atomic E-state index is 12.9. The van der Waals surface area contributed by atoms with Crippen LogP contribution in [0, 0.1) is 0 Å². The van der Waals surface area contributed by atoms with Gasteiger partial charge in [0.2, 0.25) is 0 Å². The fraction of sp³-hybridized carbons (Fsp3) is 0.591. The predicted molar refractivity (Wildman–Crippen MR) is 325 cm³/mol. The standard InChI is InChI=1S/C66H105O11P/c1-4-7-10-13-16-19-22-25-28-30-31-33-35-37-40-43-46-49-52-55-64(68)73-59-63(77-66(70)57-54-51-48-45-42-39-36-32-29-26-23-20-17-14-11-8-5-2)61-75-78(71,72)74-60-62(58-67)76-65(69)56-53-50-47-44-41-38-34-27-24-21-18-15-12-9-6-3/h7-12,16-21,25-29,31,33-34,36,39,45,48,62-63,67H,4-6,13-15,22-24,30,32,35,37-38,40-44,46-47,49-61H2,1-3H3,(H,71,72)/b10-7-,11-8-,12-9-,19-16-,20-17-,21-18-,28-25-,29-26-,33-31-,34-27-,39-36-,48-45-. The Hall–Kier alpha value is -4.64. The van der Waals surface area contributed by atoms with Gasteiger partial charge in [0.1, 0.15) is 12.7 Å². The monoisotopic (exact) mass is 1100 g/mol. The molecule has 0 saturated heterocycles. The highest BCUT2D eigenvalue weighted by atomic mass is 31.2. The molecule has 2 N–H and O–H groups in total. The van der Waals surface area contributed by atoms with Crippen LogP contribution in [0.5, 0.6) is 0 Å². The van der Waals surface area contributed by atoms with E-state index in [9.17, 15) is 28.9 Å². The number of ether oxygens (including phenoxy) is 3. The smallest absolute Gasteiger partial charge is 0.462 e. The summed E-state index contributed by atoms with van der Waals surface area (Å²) in [4.78, 5) is 48.6. The Morgan fingerprint density at radius 1 is 0.359 bits per heavy atom. The zero-order valence-corrected chi connectivity index (χ0v) is 49.5. The van der Waals surface area contributed by atoms with E-state index in [2.05, 4.69) is 154 Å². The number of allylic oxidation sites excluding steroid dienone is 24. The number of carbonyl (C=O) groups excluding carboxylic acids is 3. The maximum Gasteiger partial charge on any atom is 0.472 e. The van der Waals surface area contributed by atoms with E-state index in [1.165, 1.54) is 0 Å². The van der Waals surface area contributed by atoms with Crippen LogP contribution in [0.25, 0.3) is 0 Å². The molecule has 0 aliphatic rings. The first-order valence-electron chi connectivity index (χ1n) is 29.7. The molecule has 3 unspecified atom stereocenters. The molecule has 0 aliphatic heterocycles. The summed E-state index contributed by atoms with van der Waals surface area (Å²) in [6.07, 6.45) is 75.2. The van der Waals surface area contributed by atoms with Gasteiger partial charge in [-0.1, -0.05) is 212 Å². The minimum atomic E-state index is -4.78.